The lowest BCUT2D eigenvalue weighted by Gasteiger charge is -2.12. The van der Waals surface area contributed by atoms with Gasteiger partial charge in [-0.25, -0.2) is 9.18 Å². The Morgan fingerprint density at radius 3 is 2.68 bits per heavy atom. The predicted molar refractivity (Wildman–Crippen MR) is 67.9 cm³/mol. The molecule has 2 rings (SSSR count). The molecule has 0 fully saturated rings. The quantitative estimate of drug-likeness (QED) is 0.919. The standard InChI is InChI=1S/C14H12FNO3/c1-9-6-13(17)11(14(18)19)8-16(9)7-10-4-2-3-5-12(10)15/h2-6,8H,7H2,1H3,(H,18,19). The van der Waals surface area contributed by atoms with Crippen LogP contribution in [0.2, 0.25) is 0 Å². The van der Waals surface area contributed by atoms with Crippen LogP contribution in [0, 0.1) is 12.7 Å². The molecule has 19 heavy (non-hydrogen) atoms. The highest BCUT2D eigenvalue weighted by Crippen LogP contribution is 2.10. The Labute approximate surface area is 108 Å². The third-order valence-electron chi connectivity index (χ3n) is 2.87. The average molecular weight is 261 g/mol. The second-order valence-corrected chi connectivity index (χ2v) is 4.22. The lowest BCUT2D eigenvalue weighted by atomic mass is 10.2. The molecule has 0 aliphatic rings. The molecule has 1 N–H and O–H groups in total. The van der Waals surface area contributed by atoms with E-state index in [-0.39, 0.29) is 17.9 Å². The highest BCUT2D eigenvalue weighted by molar-refractivity contribution is 5.87. The van der Waals surface area contributed by atoms with Crippen LogP contribution in [0.5, 0.6) is 0 Å². The van der Waals surface area contributed by atoms with Gasteiger partial charge in [0, 0.05) is 23.5 Å². The molecular weight excluding hydrogens is 249 g/mol. The summed E-state index contributed by atoms with van der Waals surface area (Å²) in [5, 5.41) is 8.91. The molecule has 0 saturated heterocycles. The average Bonchev–Trinajstić information content (AvgIpc) is 2.34. The van der Waals surface area contributed by atoms with E-state index in [2.05, 4.69) is 0 Å². The van der Waals surface area contributed by atoms with Crippen molar-refractivity contribution in [3.8, 4) is 0 Å². The molecular formula is C14H12FNO3. The Bertz CT molecular complexity index is 691. The monoisotopic (exact) mass is 261 g/mol. The van der Waals surface area contributed by atoms with Crippen molar-refractivity contribution in [2.75, 3.05) is 0 Å². The molecule has 1 heterocycles. The van der Waals surface area contributed by atoms with Crippen LogP contribution in [0.3, 0.4) is 0 Å². The lowest BCUT2D eigenvalue weighted by molar-refractivity contribution is 0.0694. The highest BCUT2D eigenvalue weighted by atomic mass is 19.1. The van der Waals surface area contributed by atoms with Gasteiger partial charge in [-0.3, -0.25) is 4.79 Å². The molecule has 0 radical (unpaired) electrons. The first-order chi connectivity index (χ1) is 8.99. The van der Waals surface area contributed by atoms with Crippen molar-refractivity contribution in [3.05, 3.63) is 69.4 Å². The van der Waals surface area contributed by atoms with Crippen LogP contribution < -0.4 is 5.43 Å². The van der Waals surface area contributed by atoms with Gasteiger partial charge in [0.05, 0.1) is 6.54 Å². The number of aromatic nitrogens is 1. The predicted octanol–water partition coefficient (Wildman–Crippen LogP) is 2.04. The van der Waals surface area contributed by atoms with E-state index >= 15 is 0 Å². The number of nitrogens with zero attached hydrogens (tertiary/aromatic N) is 1. The van der Waals surface area contributed by atoms with Crippen LogP contribution in [0.15, 0.2) is 41.3 Å². The van der Waals surface area contributed by atoms with Crippen molar-refractivity contribution < 1.29 is 14.3 Å². The summed E-state index contributed by atoms with van der Waals surface area (Å²) in [6.45, 7) is 1.85. The van der Waals surface area contributed by atoms with Crippen LogP contribution in [-0.2, 0) is 6.54 Å². The fourth-order valence-corrected chi connectivity index (χ4v) is 1.81. The van der Waals surface area contributed by atoms with E-state index in [0.29, 0.717) is 11.3 Å². The van der Waals surface area contributed by atoms with Gasteiger partial charge in [-0.2, -0.15) is 0 Å². The minimum atomic E-state index is -1.28. The third kappa shape index (κ3) is 2.70. The molecule has 1 aromatic heterocycles. The number of benzene rings is 1. The largest absolute Gasteiger partial charge is 0.477 e. The molecule has 0 atom stereocenters. The molecule has 0 bridgehead atoms. The van der Waals surface area contributed by atoms with Crippen molar-refractivity contribution in [1.82, 2.24) is 4.57 Å². The zero-order valence-electron chi connectivity index (χ0n) is 10.3. The van der Waals surface area contributed by atoms with Crippen LogP contribution in [0.25, 0.3) is 0 Å². The summed E-state index contributed by atoms with van der Waals surface area (Å²) < 4.78 is 15.1. The summed E-state index contributed by atoms with van der Waals surface area (Å²) in [7, 11) is 0. The number of aryl methyl sites for hydroxylation is 1. The minimum Gasteiger partial charge on any atom is -0.477 e. The van der Waals surface area contributed by atoms with Gasteiger partial charge in [0.1, 0.15) is 11.4 Å². The lowest BCUT2D eigenvalue weighted by Crippen LogP contribution is -2.19. The molecule has 0 aliphatic heterocycles. The Kier molecular flexibility index (Phi) is 3.46. The van der Waals surface area contributed by atoms with Gasteiger partial charge in [-0.1, -0.05) is 18.2 Å². The number of hydrogen-bond acceptors (Lipinski definition) is 2. The fraction of sp³-hybridized carbons (Fsp3) is 0.143. The molecule has 4 nitrogen and oxygen atoms in total. The van der Waals surface area contributed by atoms with Gasteiger partial charge in [-0.05, 0) is 13.0 Å². The summed E-state index contributed by atoms with van der Waals surface area (Å²) >= 11 is 0. The Balaban J connectivity index is 2.46. The highest BCUT2D eigenvalue weighted by Gasteiger charge is 2.11. The van der Waals surface area contributed by atoms with Crippen LogP contribution in [0.4, 0.5) is 4.39 Å². The van der Waals surface area contributed by atoms with E-state index in [9.17, 15) is 14.0 Å². The fourth-order valence-electron chi connectivity index (χ4n) is 1.81. The zero-order valence-corrected chi connectivity index (χ0v) is 10.3. The molecule has 0 amide bonds. The maximum Gasteiger partial charge on any atom is 0.341 e. The number of carboxylic acids is 1. The number of halogens is 1. The molecule has 0 saturated carbocycles. The smallest absolute Gasteiger partial charge is 0.341 e. The second kappa shape index (κ2) is 5.06. The van der Waals surface area contributed by atoms with Crippen molar-refractivity contribution in [3.63, 3.8) is 0 Å². The van der Waals surface area contributed by atoms with E-state index in [1.54, 1.807) is 29.7 Å². The maximum atomic E-state index is 13.6. The summed E-state index contributed by atoms with van der Waals surface area (Å²) in [5.41, 5.74) is 0.153. The van der Waals surface area contributed by atoms with Crippen LogP contribution >= 0.6 is 0 Å². The molecule has 0 unspecified atom stereocenters. The van der Waals surface area contributed by atoms with E-state index < -0.39 is 11.4 Å². The summed E-state index contributed by atoms with van der Waals surface area (Å²) in [4.78, 5) is 22.4. The molecule has 5 heteroatoms. The van der Waals surface area contributed by atoms with Crippen LogP contribution in [-0.4, -0.2) is 15.6 Å². The first-order valence-electron chi connectivity index (χ1n) is 5.67. The van der Waals surface area contributed by atoms with Crippen molar-refractivity contribution in [1.29, 1.82) is 0 Å². The number of pyridine rings is 1. The van der Waals surface area contributed by atoms with Gasteiger partial charge < -0.3 is 9.67 Å². The van der Waals surface area contributed by atoms with E-state index in [1.165, 1.54) is 18.3 Å². The van der Waals surface area contributed by atoms with E-state index in [4.69, 9.17) is 5.11 Å². The normalized spacial score (nSPS) is 10.4. The number of aromatic carboxylic acids is 1. The maximum absolute atomic E-state index is 13.6. The summed E-state index contributed by atoms with van der Waals surface area (Å²) in [6.07, 6.45) is 1.24. The van der Waals surface area contributed by atoms with Crippen molar-refractivity contribution >= 4 is 5.97 Å². The molecule has 0 spiro atoms. The van der Waals surface area contributed by atoms with Gasteiger partial charge in [-0.15, -0.1) is 0 Å². The van der Waals surface area contributed by atoms with Gasteiger partial charge >= 0.3 is 5.97 Å². The van der Waals surface area contributed by atoms with E-state index in [0.717, 1.165) is 0 Å². The Morgan fingerprint density at radius 1 is 1.37 bits per heavy atom. The van der Waals surface area contributed by atoms with Crippen molar-refractivity contribution in [2.24, 2.45) is 0 Å². The topological polar surface area (TPSA) is 59.3 Å². The first-order valence-corrected chi connectivity index (χ1v) is 5.67. The van der Waals surface area contributed by atoms with Gasteiger partial charge in [0.25, 0.3) is 0 Å². The van der Waals surface area contributed by atoms with Gasteiger partial charge in [0.2, 0.25) is 0 Å². The minimum absolute atomic E-state index is 0.180. The summed E-state index contributed by atoms with van der Waals surface area (Å²) in [6, 6.07) is 7.48. The Morgan fingerprint density at radius 2 is 2.05 bits per heavy atom. The van der Waals surface area contributed by atoms with Crippen LogP contribution in [0.1, 0.15) is 21.6 Å². The third-order valence-corrected chi connectivity index (χ3v) is 2.87. The molecule has 0 aliphatic carbocycles. The second-order valence-electron chi connectivity index (χ2n) is 4.22. The molecule has 2 aromatic rings. The molecule has 1 aromatic carbocycles. The SMILES string of the molecule is Cc1cc(=O)c(C(=O)O)cn1Cc1ccccc1F. The number of rotatable bonds is 3. The van der Waals surface area contributed by atoms with Crippen molar-refractivity contribution in [2.45, 2.75) is 13.5 Å². The Hall–Kier alpha value is -2.43. The summed E-state index contributed by atoms with van der Waals surface area (Å²) in [5.74, 6) is -1.65. The number of hydrogen-bond donors (Lipinski definition) is 1. The zero-order chi connectivity index (χ0) is 14.0. The first kappa shape index (κ1) is 13.0. The number of carboxylic acid groups (broad SMARTS) is 1. The van der Waals surface area contributed by atoms with E-state index in [1.807, 2.05) is 0 Å². The molecule has 98 valence electrons. The number of carbonyl (C=O) groups is 1. The van der Waals surface area contributed by atoms with Gasteiger partial charge in [0.15, 0.2) is 5.43 Å².